The van der Waals surface area contributed by atoms with Gasteiger partial charge in [0, 0.05) is 38.1 Å². The highest BCUT2D eigenvalue weighted by Gasteiger charge is 2.28. The lowest BCUT2D eigenvalue weighted by atomic mass is 10.2. The molecule has 3 aromatic rings. The van der Waals surface area contributed by atoms with Crippen LogP contribution in [-0.2, 0) is 16.6 Å². The fourth-order valence-electron chi connectivity index (χ4n) is 3.84. The first-order valence-corrected chi connectivity index (χ1v) is 11.9. The van der Waals surface area contributed by atoms with Gasteiger partial charge in [0.2, 0.25) is 0 Å². The highest BCUT2D eigenvalue weighted by molar-refractivity contribution is 7.90. The molecular formula is C22H26ClN3O3S. The molecule has 0 N–H and O–H groups in total. The van der Waals surface area contributed by atoms with Crippen molar-refractivity contribution < 1.29 is 13.2 Å². The molecule has 6 nitrogen and oxygen atoms in total. The number of fused-ring (bicyclic) bond motifs is 1. The molecule has 1 saturated heterocycles. The molecule has 4 rings (SSSR count). The number of ether oxygens (including phenoxy) is 1. The Morgan fingerprint density at radius 2 is 1.73 bits per heavy atom. The third-order valence-corrected chi connectivity index (χ3v) is 7.67. The number of halogens is 1. The molecule has 160 valence electrons. The maximum Gasteiger partial charge on any atom is 0.268 e. The standard InChI is InChI=1S/C22H26ClN3O3S/c1-3-29-17-9-10-20-19(15-17)22(23)21(16-25-13-11-24(2)12-14-25)26(20)30(27,28)18-7-5-4-6-8-18/h4-10,15H,3,11-14,16H2,1-2H3. The molecular weight excluding hydrogens is 422 g/mol. The first-order chi connectivity index (χ1) is 14.4. The SMILES string of the molecule is CCOc1ccc2c(c1)c(Cl)c(CN1CCN(C)CC1)n2S(=O)(=O)c1ccccc1. The van der Waals surface area contributed by atoms with Crippen molar-refractivity contribution in [2.75, 3.05) is 39.8 Å². The quantitative estimate of drug-likeness (QED) is 0.577. The maximum absolute atomic E-state index is 13.6. The van der Waals surface area contributed by atoms with Crippen LogP contribution in [0, 0.1) is 0 Å². The second-order valence-corrected chi connectivity index (χ2v) is 9.70. The van der Waals surface area contributed by atoms with Crippen molar-refractivity contribution in [1.29, 1.82) is 0 Å². The molecule has 0 saturated carbocycles. The van der Waals surface area contributed by atoms with Gasteiger partial charge < -0.3 is 9.64 Å². The van der Waals surface area contributed by atoms with E-state index in [-0.39, 0.29) is 4.90 Å². The predicted octanol–water partition coefficient (Wildman–Crippen LogP) is 3.68. The number of piperazine rings is 1. The molecule has 0 bridgehead atoms. The van der Waals surface area contributed by atoms with Gasteiger partial charge in [-0.3, -0.25) is 4.90 Å². The van der Waals surface area contributed by atoms with E-state index in [4.69, 9.17) is 16.3 Å². The second-order valence-electron chi connectivity index (χ2n) is 7.53. The van der Waals surface area contributed by atoms with E-state index in [1.807, 2.05) is 13.0 Å². The van der Waals surface area contributed by atoms with E-state index in [2.05, 4.69) is 16.8 Å². The van der Waals surface area contributed by atoms with Gasteiger partial charge in [-0.25, -0.2) is 12.4 Å². The van der Waals surface area contributed by atoms with Crippen molar-refractivity contribution in [2.24, 2.45) is 0 Å². The molecule has 2 aromatic carbocycles. The number of benzene rings is 2. The largest absolute Gasteiger partial charge is 0.494 e. The molecule has 30 heavy (non-hydrogen) atoms. The molecule has 0 unspecified atom stereocenters. The van der Waals surface area contributed by atoms with Crippen molar-refractivity contribution >= 4 is 32.5 Å². The number of nitrogens with zero attached hydrogens (tertiary/aromatic N) is 3. The Kier molecular flexibility index (Phi) is 6.06. The molecule has 0 aliphatic carbocycles. The fraction of sp³-hybridized carbons (Fsp3) is 0.364. The summed E-state index contributed by atoms with van der Waals surface area (Å²) in [6.07, 6.45) is 0. The van der Waals surface area contributed by atoms with Gasteiger partial charge in [0.1, 0.15) is 5.75 Å². The van der Waals surface area contributed by atoms with Crippen LogP contribution in [0.4, 0.5) is 0 Å². The molecule has 0 amide bonds. The van der Waals surface area contributed by atoms with Crippen molar-refractivity contribution in [3.05, 3.63) is 59.2 Å². The maximum atomic E-state index is 13.6. The molecule has 0 atom stereocenters. The van der Waals surface area contributed by atoms with Gasteiger partial charge in [-0.2, -0.15) is 0 Å². The molecule has 0 radical (unpaired) electrons. The van der Waals surface area contributed by atoms with Crippen LogP contribution in [0.15, 0.2) is 53.4 Å². The number of aromatic nitrogens is 1. The number of hydrogen-bond donors (Lipinski definition) is 0. The molecule has 2 heterocycles. The Bertz CT molecular complexity index is 1140. The van der Waals surface area contributed by atoms with Crippen LogP contribution < -0.4 is 4.74 Å². The van der Waals surface area contributed by atoms with E-state index in [9.17, 15) is 8.42 Å². The lowest BCUT2D eigenvalue weighted by Gasteiger charge is -2.32. The van der Waals surface area contributed by atoms with Crippen LogP contribution in [0.25, 0.3) is 10.9 Å². The van der Waals surface area contributed by atoms with Gasteiger partial charge in [-0.1, -0.05) is 29.8 Å². The van der Waals surface area contributed by atoms with E-state index < -0.39 is 10.0 Å². The Balaban J connectivity index is 1.87. The lowest BCUT2D eigenvalue weighted by molar-refractivity contribution is 0.147. The van der Waals surface area contributed by atoms with Crippen LogP contribution in [0.1, 0.15) is 12.6 Å². The summed E-state index contributed by atoms with van der Waals surface area (Å²) in [5.74, 6) is 0.673. The smallest absolute Gasteiger partial charge is 0.268 e. The first-order valence-electron chi connectivity index (χ1n) is 10.1. The van der Waals surface area contributed by atoms with Crippen molar-refractivity contribution in [2.45, 2.75) is 18.4 Å². The van der Waals surface area contributed by atoms with Crippen LogP contribution >= 0.6 is 11.6 Å². The third kappa shape index (κ3) is 3.95. The first kappa shape index (κ1) is 21.2. The van der Waals surface area contributed by atoms with Gasteiger partial charge in [0.05, 0.1) is 27.7 Å². The van der Waals surface area contributed by atoms with Crippen LogP contribution in [-0.4, -0.2) is 62.0 Å². The molecule has 1 aliphatic rings. The summed E-state index contributed by atoms with van der Waals surface area (Å²) >= 11 is 6.80. The predicted molar refractivity (Wildman–Crippen MR) is 120 cm³/mol. The molecule has 1 aliphatic heterocycles. The van der Waals surface area contributed by atoms with Crippen LogP contribution in [0.3, 0.4) is 0 Å². The Morgan fingerprint density at radius 1 is 1.03 bits per heavy atom. The number of hydrogen-bond acceptors (Lipinski definition) is 5. The summed E-state index contributed by atoms with van der Waals surface area (Å²) in [6, 6.07) is 13.9. The summed E-state index contributed by atoms with van der Waals surface area (Å²) in [6.45, 7) is 6.52. The van der Waals surface area contributed by atoms with Gasteiger partial charge in [-0.05, 0) is 44.3 Å². The average Bonchev–Trinajstić information content (AvgIpc) is 3.02. The van der Waals surface area contributed by atoms with Crippen molar-refractivity contribution in [3.63, 3.8) is 0 Å². The van der Waals surface area contributed by atoms with E-state index >= 15 is 0 Å². The van der Waals surface area contributed by atoms with Crippen LogP contribution in [0.5, 0.6) is 5.75 Å². The zero-order valence-corrected chi connectivity index (χ0v) is 18.8. The van der Waals surface area contributed by atoms with Crippen LogP contribution in [0.2, 0.25) is 5.02 Å². The minimum absolute atomic E-state index is 0.243. The number of rotatable bonds is 6. The molecule has 1 aromatic heterocycles. The van der Waals surface area contributed by atoms with Crippen molar-refractivity contribution in [1.82, 2.24) is 13.8 Å². The molecule has 1 fully saturated rings. The van der Waals surface area contributed by atoms with Crippen molar-refractivity contribution in [3.8, 4) is 5.75 Å². The second kappa shape index (κ2) is 8.59. The van der Waals surface area contributed by atoms with Gasteiger partial charge in [0.15, 0.2) is 0 Å². The topological polar surface area (TPSA) is 54.8 Å². The Hall–Kier alpha value is -2.06. The fourth-order valence-corrected chi connectivity index (χ4v) is 5.75. The highest BCUT2D eigenvalue weighted by Crippen LogP contribution is 2.36. The summed E-state index contributed by atoms with van der Waals surface area (Å²) in [7, 11) is -1.71. The normalized spacial score (nSPS) is 16.2. The number of likely N-dealkylation sites (N-methyl/N-ethyl adjacent to an activating group) is 1. The lowest BCUT2D eigenvalue weighted by Crippen LogP contribution is -2.44. The third-order valence-electron chi connectivity index (χ3n) is 5.48. The minimum Gasteiger partial charge on any atom is -0.494 e. The van der Waals surface area contributed by atoms with E-state index in [1.54, 1.807) is 42.5 Å². The zero-order valence-electron chi connectivity index (χ0n) is 17.2. The van der Waals surface area contributed by atoms with E-state index in [0.29, 0.717) is 40.5 Å². The van der Waals surface area contributed by atoms with E-state index in [0.717, 1.165) is 26.2 Å². The molecule has 8 heteroatoms. The van der Waals surface area contributed by atoms with Gasteiger partial charge >= 0.3 is 0 Å². The summed E-state index contributed by atoms with van der Waals surface area (Å²) in [5, 5.41) is 1.15. The van der Waals surface area contributed by atoms with Gasteiger partial charge in [-0.15, -0.1) is 0 Å². The Morgan fingerprint density at radius 3 is 2.40 bits per heavy atom. The highest BCUT2D eigenvalue weighted by atomic mass is 35.5. The Labute approximate surface area is 182 Å². The minimum atomic E-state index is -3.81. The zero-order chi connectivity index (χ0) is 21.3. The monoisotopic (exact) mass is 447 g/mol. The molecule has 0 spiro atoms. The summed E-state index contributed by atoms with van der Waals surface area (Å²) < 4.78 is 34.3. The van der Waals surface area contributed by atoms with Gasteiger partial charge in [0.25, 0.3) is 10.0 Å². The summed E-state index contributed by atoms with van der Waals surface area (Å²) in [5.41, 5.74) is 1.16. The van der Waals surface area contributed by atoms with E-state index in [1.165, 1.54) is 3.97 Å². The summed E-state index contributed by atoms with van der Waals surface area (Å²) in [4.78, 5) is 4.76. The average molecular weight is 448 g/mol.